The topological polar surface area (TPSA) is 0 Å². The zero-order valence-corrected chi connectivity index (χ0v) is 7.79. The first-order valence-electron chi connectivity index (χ1n) is 1.79. The number of hydrogen-bond acceptors (Lipinski definition) is 0. The van der Waals surface area contributed by atoms with Crippen molar-refractivity contribution in [3.05, 3.63) is 0 Å². The van der Waals surface area contributed by atoms with Gasteiger partial charge in [-0.2, -0.15) is 0 Å². The van der Waals surface area contributed by atoms with Gasteiger partial charge in [-0.15, -0.1) is 29.4 Å². The summed E-state index contributed by atoms with van der Waals surface area (Å²) >= 11 is 0. The highest BCUT2D eigenvalue weighted by molar-refractivity contribution is 8.93. The Morgan fingerprint density at radius 1 is 0.857 bits per heavy atom. The first-order valence-corrected chi connectivity index (χ1v) is 1.79. The average Bonchev–Trinajstić information content (AvgIpc) is 0.722. The molecule has 0 amide bonds. The second kappa shape index (κ2) is 4.88. The van der Waals surface area contributed by atoms with E-state index in [1.165, 1.54) is 0 Å². The molecule has 48 valence electrons. The van der Waals surface area contributed by atoms with Gasteiger partial charge < -0.3 is 4.48 Å². The zero-order valence-electron chi connectivity index (χ0n) is 5.26. The Morgan fingerprint density at radius 2 is 0.857 bits per heavy atom. The van der Waals surface area contributed by atoms with E-state index in [1.807, 2.05) is 0 Å². The highest BCUT2D eigenvalue weighted by Crippen LogP contribution is 1.73. The van der Waals surface area contributed by atoms with Gasteiger partial charge >= 0.3 is 0 Å². The van der Waals surface area contributed by atoms with Gasteiger partial charge in [0, 0.05) is 0 Å². The van der Waals surface area contributed by atoms with Gasteiger partial charge in [-0.05, 0) is 0 Å². The van der Waals surface area contributed by atoms with E-state index in [-0.39, 0.29) is 29.4 Å². The largest absolute Gasteiger partial charge is 0.333 e. The van der Waals surface area contributed by atoms with Crippen molar-refractivity contribution in [1.29, 1.82) is 0 Å². The third-order valence-corrected chi connectivity index (χ3v) is 0. The normalized spacial score (nSPS) is 8.57. The van der Waals surface area contributed by atoms with Crippen molar-refractivity contribution in [2.24, 2.45) is 0 Å². The second-order valence-corrected chi connectivity index (χ2v) is 2.68. The van der Waals surface area contributed by atoms with Gasteiger partial charge in [0.05, 0.1) is 28.2 Å². The summed E-state index contributed by atoms with van der Waals surface area (Å²) in [4.78, 5) is 0. The van der Waals surface area contributed by atoms with Crippen molar-refractivity contribution >= 4 is 29.4 Å². The van der Waals surface area contributed by atoms with Gasteiger partial charge in [0.2, 0.25) is 0 Å². The van der Waals surface area contributed by atoms with E-state index in [0.29, 0.717) is 0 Å². The predicted molar refractivity (Wildman–Crippen MR) is 41.5 cm³/mol. The van der Waals surface area contributed by atoms with Crippen LogP contribution in [0.1, 0.15) is 0 Å². The Morgan fingerprint density at radius 3 is 0.857 bits per heavy atom. The summed E-state index contributed by atoms with van der Waals surface area (Å²) in [5.74, 6) is 0. The minimum atomic E-state index is 0. The van der Waals surface area contributed by atoms with Gasteiger partial charge in [0.15, 0.2) is 0 Å². The highest BCUT2D eigenvalue weighted by Gasteiger charge is 1.88. The molecule has 0 fully saturated rings. The summed E-state index contributed by atoms with van der Waals surface area (Å²) in [5.41, 5.74) is 0. The Balaban J connectivity index is -0.0000000800. The van der Waals surface area contributed by atoms with E-state index in [9.17, 15) is 0 Å². The maximum absolute atomic E-state index is 2.12. The Hall–Kier alpha value is 0.730. The Kier molecular flexibility index (Phi) is 10.9. The van der Waals surface area contributed by atoms with Crippen LogP contribution in [0.15, 0.2) is 0 Å². The summed E-state index contributed by atoms with van der Waals surface area (Å²) in [5, 5.41) is 0. The lowest BCUT2D eigenvalue weighted by atomic mass is 10.8. The number of quaternary nitrogens is 1. The molecule has 1 nitrogen and oxygen atoms in total. The molecule has 0 N–H and O–H groups in total. The molecule has 0 rings (SSSR count). The van der Waals surface area contributed by atoms with Gasteiger partial charge in [0.25, 0.3) is 0 Å². The molecule has 0 unspecified atom stereocenters. The first kappa shape index (κ1) is 15.6. The molecule has 0 aliphatic heterocycles. The molecular weight excluding hydrogens is 177 g/mol. The lowest BCUT2D eigenvalue weighted by Gasteiger charge is -2.14. The van der Waals surface area contributed by atoms with Crippen LogP contribution in [-0.2, 0) is 0 Å². The van der Waals surface area contributed by atoms with Crippen molar-refractivity contribution in [2.75, 3.05) is 28.2 Å². The van der Waals surface area contributed by atoms with Crippen LogP contribution in [0, 0.1) is 0 Å². The molecule has 0 spiro atoms. The van der Waals surface area contributed by atoms with E-state index in [1.54, 1.807) is 0 Å². The molecule has 0 radical (unpaired) electrons. The molecule has 0 saturated heterocycles. The Labute approximate surface area is 62.5 Å². The smallest absolute Gasteiger partial charge is 0.0675 e. The molecule has 0 saturated carbocycles. The fourth-order valence-corrected chi connectivity index (χ4v) is 0. The third kappa shape index (κ3) is 283. The first-order chi connectivity index (χ1) is 2.00. The molecule has 3 heteroatoms. The van der Waals surface area contributed by atoms with E-state index >= 15 is 0 Å². The van der Waals surface area contributed by atoms with Crippen LogP contribution < -0.4 is 0 Å². The standard InChI is InChI=1S/C4H12N.BrH.ClH/c1-5(2,3)4;;/h1-4H3;2*1H/q+1;;. The number of nitrogens with zero attached hydrogens (tertiary/aromatic N) is 1. The van der Waals surface area contributed by atoms with E-state index in [0.717, 1.165) is 4.48 Å². The minimum Gasteiger partial charge on any atom is -0.333 e. The van der Waals surface area contributed by atoms with E-state index in [2.05, 4.69) is 28.2 Å². The maximum atomic E-state index is 2.12. The third-order valence-electron chi connectivity index (χ3n) is 0. The fourth-order valence-electron chi connectivity index (χ4n) is 0. The predicted octanol–water partition coefficient (Wildman–Crippen LogP) is 1.32. The quantitative estimate of drug-likeness (QED) is 0.507. The summed E-state index contributed by atoms with van der Waals surface area (Å²) in [6, 6.07) is 0. The fraction of sp³-hybridized carbons (Fsp3) is 1.00. The SMILES string of the molecule is Br.C[N+](C)(C)C.Cl. The van der Waals surface area contributed by atoms with Gasteiger partial charge in [0.1, 0.15) is 0 Å². The van der Waals surface area contributed by atoms with Crippen molar-refractivity contribution < 1.29 is 4.48 Å². The van der Waals surface area contributed by atoms with Crippen LogP contribution in [0.25, 0.3) is 0 Å². The van der Waals surface area contributed by atoms with E-state index in [4.69, 9.17) is 0 Å². The van der Waals surface area contributed by atoms with Crippen LogP contribution in [-0.4, -0.2) is 32.7 Å². The highest BCUT2D eigenvalue weighted by atomic mass is 79.9. The van der Waals surface area contributed by atoms with Crippen LogP contribution >= 0.6 is 29.4 Å². The lowest BCUT2D eigenvalue weighted by molar-refractivity contribution is -0.849. The zero-order chi connectivity index (χ0) is 4.50. The number of hydrogen-bond donors (Lipinski definition) is 0. The minimum absolute atomic E-state index is 0. The molecule has 0 heterocycles. The number of rotatable bonds is 0. The van der Waals surface area contributed by atoms with Gasteiger partial charge in [-0.1, -0.05) is 0 Å². The molecule has 0 aliphatic rings. The molecule has 0 aromatic carbocycles. The molecule has 0 aliphatic carbocycles. The van der Waals surface area contributed by atoms with Crippen LogP contribution in [0.5, 0.6) is 0 Å². The molecule has 0 aromatic rings. The average molecular weight is 192 g/mol. The summed E-state index contributed by atoms with van der Waals surface area (Å²) < 4.78 is 1.00. The monoisotopic (exact) mass is 190 g/mol. The van der Waals surface area contributed by atoms with Crippen LogP contribution in [0.2, 0.25) is 0 Å². The van der Waals surface area contributed by atoms with Crippen molar-refractivity contribution in [2.45, 2.75) is 0 Å². The molecule has 0 bridgehead atoms. The molecule has 0 aromatic heterocycles. The van der Waals surface area contributed by atoms with Crippen molar-refractivity contribution in [3.63, 3.8) is 0 Å². The number of halogens is 2. The lowest BCUT2D eigenvalue weighted by Crippen LogP contribution is -2.27. The maximum Gasteiger partial charge on any atom is 0.0675 e. The molecule has 0 atom stereocenters. The van der Waals surface area contributed by atoms with Gasteiger partial charge in [-0.25, -0.2) is 0 Å². The summed E-state index contributed by atoms with van der Waals surface area (Å²) in [6.07, 6.45) is 0. The van der Waals surface area contributed by atoms with Crippen LogP contribution in [0.3, 0.4) is 0 Å². The molecular formula is C4H14BrClN+. The van der Waals surface area contributed by atoms with E-state index < -0.39 is 0 Å². The Bertz CT molecular complexity index is 27.2. The molecule has 7 heavy (non-hydrogen) atoms. The summed E-state index contributed by atoms with van der Waals surface area (Å²) in [6.45, 7) is 0. The second-order valence-electron chi connectivity index (χ2n) is 2.68. The van der Waals surface area contributed by atoms with Crippen molar-refractivity contribution in [1.82, 2.24) is 0 Å². The summed E-state index contributed by atoms with van der Waals surface area (Å²) in [7, 11) is 8.50. The van der Waals surface area contributed by atoms with Crippen molar-refractivity contribution in [3.8, 4) is 0 Å². The van der Waals surface area contributed by atoms with Crippen LogP contribution in [0.4, 0.5) is 0 Å². The van der Waals surface area contributed by atoms with Gasteiger partial charge in [-0.3, -0.25) is 0 Å².